The average molecular weight is 269 g/mol. The fourth-order valence-electron chi connectivity index (χ4n) is 1.63. The lowest BCUT2D eigenvalue weighted by Gasteiger charge is -2.16. The van der Waals surface area contributed by atoms with Crippen LogP contribution < -0.4 is 10.2 Å². The normalized spacial score (nSPS) is 9.90. The van der Waals surface area contributed by atoms with E-state index in [0.717, 1.165) is 5.56 Å². The second kappa shape index (κ2) is 5.97. The molecule has 0 aliphatic heterocycles. The molecule has 20 heavy (non-hydrogen) atoms. The summed E-state index contributed by atoms with van der Waals surface area (Å²) in [5.41, 5.74) is 1.64. The van der Waals surface area contributed by atoms with Crippen molar-refractivity contribution in [2.24, 2.45) is 0 Å². The van der Waals surface area contributed by atoms with E-state index in [9.17, 15) is 9.59 Å². The second-order valence-electron chi connectivity index (χ2n) is 4.37. The van der Waals surface area contributed by atoms with Gasteiger partial charge in [-0.05, 0) is 30.7 Å². The molecular formula is C15H15N3O2. The highest BCUT2D eigenvalue weighted by Crippen LogP contribution is 2.12. The first kappa shape index (κ1) is 13.7. The topological polar surface area (TPSA) is 62.3 Å². The largest absolute Gasteiger partial charge is 0.316 e. The van der Waals surface area contributed by atoms with Crippen molar-refractivity contribution >= 4 is 23.3 Å². The molecule has 0 radical (unpaired) electrons. The van der Waals surface area contributed by atoms with Crippen molar-refractivity contribution in [1.82, 2.24) is 4.98 Å². The number of nitrogens with zero attached hydrogens (tertiary/aromatic N) is 2. The van der Waals surface area contributed by atoms with E-state index in [0.29, 0.717) is 11.5 Å². The van der Waals surface area contributed by atoms with E-state index >= 15 is 0 Å². The van der Waals surface area contributed by atoms with E-state index in [1.165, 1.54) is 4.90 Å². The molecule has 5 nitrogen and oxygen atoms in total. The molecule has 1 aromatic carbocycles. The summed E-state index contributed by atoms with van der Waals surface area (Å²) >= 11 is 0. The standard InChI is InChI=1S/C15H15N3O2/c1-11-8-9-13(16-10-11)17-14(19)15(20)18(2)12-6-4-3-5-7-12/h3-10H,1-2H3,(H,16,17,19). The van der Waals surface area contributed by atoms with Gasteiger partial charge in [-0.25, -0.2) is 4.98 Å². The molecule has 0 bridgehead atoms. The van der Waals surface area contributed by atoms with Crippen LogP contribution in [-0.2, 0) is 9.59 Å². The number of carbonyl (C=O) groups excluding carboxylic acids is 2. The molecule has 0 saturated heterocycles. The number of amides is 2. The van der Waals surface area contributed by atoms with Crippen LogP contribution in [0.4, 0.5) is 11.5 Å². The monoisotopic (exact) mass is 269 g/mol. The van der Waals surface area contributed by atoms with E-state index in [1.807, 2.05) is 19.1 Å². The number of likely N-dealkylation sites (N-methyl/N-ethyl adjacent to an activating group) is 1. The van der Waals surface area contributed by atoms with Gasteiger partial charge in [-0.15, -0.1) is 0 Å². The van der Waals surface area contributed by atoms with Crippen molar-refractivity contribution in [1.29, 1.82) is 0 Å². The Kier molecular flexibility index (Phi) is 4.10. The van der Waals surface area contributed by atoms with Gasteiger partial charge in [-0.2, -0.15) is 0 Å². The fourth-order valence-corrected chi connectivity index (χ4v) is 1.63. The number of pyridine rings is 1. The van der Waals surface area contributed by atoms with Crippen molar-refractivity contribution in [3.63, 3.8) is 0 Å². The smallest absolute Gasteiger partial charge is 0.307 e. The number of hydrogen-bond donors (Lipinski definition) is 1. The van der Waals surface area contributed by atoms with Gasteiger partial charge in [0.2, 0.25) is 0 Å². The summed E-state index contributed by atoms with van der Waals surface area (Å²) in [5, 5.41) is 2.48. The van der Waals surface area contributed by atoms with E-state index in [4.69, 9.17) is 0 Å². The number of hydrogen-bond acceptors (Lipinski definition) is 3. The molecular weight excluding hydrogens is 254 g/mol. The quantitative estimate of drug-likeness (QED) is 0.848. The minimum absolute atomic E-state index is 0.357. The van der Waals surface area contributed by atoms with Crippen molar-refractivity contribution in [2.75, 3.05) is 17.3 Å². The Morgan fingerprint density at radius 1 is 1.10 bits per heavy atom. The summed E-state index contributed by atoms with van der Waals surface area (Å²) in [6.07, 6.45) is 1.63. The second-order valence-corrected chi connectivity index (χ2v) is 4.37. The maximum atomic E-state index is 12.0. The highest BCUT2D eigenvalue weighted by molar-refractivity contribution is 6.44. The number of benzene rings is 1. The van der Waals surface area contributed by atoms with Crippen LogP contribution in [0.2, 0.25) is 0 Å². The van der Waals surface area contributed by atoms with E-state index in [-0.39, 0.29) is 0 Å². The predicted molar refractivity (Wildman–Crippen MR) is 77.5 cm³/mol. The van der Waals surface area contributed by atoms with E-state index in [1.54, 1.807) is 43.6 Å². The molecule has 2 aromatic rings. The third-order valence-corrected chi connectivity index (χ3v) is 2.80. The number of rotatable bonds is 2. The van der Waals surface area contributed by atoms with Gasteiger partial charge < -0.3 is 10.2 Å². The number of aromatic nitrogens is 1. The van der Waals surface area contributed by atoms with Crippen molar-refractivity contribution in [3.8, 4) is 0 Å². The Morgan fingerprint density at radius 2 is 1.80 bits per heavy atom. The van der Waals surface area contributed by atoms with Crippen LogP contribution in [0.25, 0.3) is 0 Å². The van der Waals surface area contributed by atoms with Crippen LogP contribution in [0.1, 0.15) is 5.56 Å². The summed E-state index contributed by atoms with van der Waals surface area (Å²) in [4.78, 5) is 29.2. The molecule has 0 fully saturated rings. The number of carbonyl (C=O) groups is 2. The maximum Gasteiger partial charge on any atom is 0.316 e. The molecule has 2 amide bonds. The Morgan fingerprint density at radius 3 is 2.40 bits per heavy atom. The first-order chi connectivity index (χ1) is 9.58. The van der Waals surface area contributed by atoms with Crippen LogP contribution >= 0.6 is 0 Å². The molecule has 1 heterocycles. The Bertz CT molecular complexity index is 609. The van der Waals surface area contributed by atoms with Gasteiger partial charge in [-0.1, -0.05) is 24.3 Å². The number of para-hydroxylation sites is 1. The van der Waals surface area contributed by atoms with Gasteiger partial charge in [0.25, 0.3) is 0 Å². The van der Waals surface area contributed by atoms with Crippen molar-refractivity contribution in [3.05, 3.63) is 54.2 Å². The number of anilines is 2. The zero-order valence-corrected chi connectivity index (χ0v) is 11.3. The molecule has 5 heteroatoms. The van der Waals surface area contributed by atoms with E-state index < -0.39 is 11.8 Å². The fraction of sp³-hybridized carbons (Fsp3) is 0.133. The van der Waals surface area contributed by atoms with Crippen LogP contribution in [0.15, 0.2) is 48.7 Å². The molecule has 0 unspecified atom stereocenters. The lowest BCUT2D eigenvalue weighted by Crippen LogP contribution is -2.37. The van der Waals surface area contributed by atoms with Gasteiger partial charge in [0.05, 0.1) is 0 Å². The Labute approximate surface area is 117 Å². The molecule has 1 N–H and O–H groups in total. The van der Waals surface area contributed by atoms with Gasteiger partial charge >= 0.3 is 11.8 Å². The van der Waals surface area contributed by atoms with Crippen LogP contribution in [0.3, 0.4) is 0 Å². The van der Waals surface area contributed by atoms with E-state index in [2.05, 4.69) is 10.3 Å². The van der Waals surface area contributed by atoms with Crippen molar-refractivity contribution in [2.45, 2.75) is 6.92 Å². The highest BCUT2D eigenvalue weighted by atomic mass is 16.2. The lowest BCUT2D eigenvalue weighted by atomic mass is 10.3. The van der Waals surface area contributed by atoms with Gasteiger partial charge in [0, 0.05) is 18.9 Å². The minimum atomic E-state index is -0.715. The highest BCUT2D eigenvalue weighted by Gasteiger charge is 2.20. The molecule has 0 saturated carbocycles. The molecule has 1 aromatic heterocycles. The van der Waals surface area contributed by atoms with Crippen LogP contribution in [0.5, 0.6) is 0 Å². The summed E-state index contributed by atoms with van der Waals surface area (Å²) in [6, 6.07) is 12.4. The Hall–Kier alpha value is -2.69. The van der Waals surface area contributed by atoms with Crippen LogP contribution in [0, 0.1) is 6.92 Å². The molecule has 0 spiro atoms. The molecule has 102 valence electrons. The molecule has 0 atom stereocenters. The molecule has 0 aliphatic rings. The maximum absolute atomic E-state index is 12.0. The van der Waals surface area contributed by atoms with Gasteiger partial charge in [-0.3, -0.25) is 9.59 Å². The van der Waals surface area contributed by atoms with Crippen molar-refractivity contribution < 1.29 is 9.59 Å². The lowest BCUT2D eigenvalue weighted by molar-refractivity contribution is -0.134. The average Bonchev–Trinajstić information content (AvgIpc) is 2.49. The zero-order valence-electron chi connectivity index (χ0n) is 11.3. The summed E-state index contributed by atoms with van der Waals surface area (Å²) in [6.45, 7) is 1.90. The summed E-state index contributed by atoms with van der Waals surface area (Å²) < 4.78 is 0. The van der Waals surface area contributed by atoms with Gasteiger partial charge in [0.1, 0.15) is 5.82 Å². The summed E-state index contributed by atoms with van der Waals surface area (Å²) in [7, 11) is 1.56. The third-order valence-electron chi connectivity index (χ3n) is 2.80. The molecule has 2 rings (SSSR count). The number of nitrogens with one attached hydrogen (secondary N) is 1. The molecule has 0 aliphatic carbocycles. The van der Waals surface area contributed by atoms with Gasteiger partial charge in [0.15, 0.2) is 0 Å². The Balaban J connectivity index is 2.05. The third kappa shape index (κ3) is 3.20. The van der Waals surface area contributed by atoms with Crippen LogP contribution in [-0.4, -0.2) is 23.8 Å². The first-order valence-corrected chi connectivity index (χ1v) is 6.14. The SMILES string of the molecule is Cc1ccc(NC(=O)C(=O)N(C)c2ccccc2)nc1. The zero-order chi connectivity index (χ0) is 14.5. The predicted octanol–water partition coefficient (Wildman–Crippen LogP) is 1.99. The number of aryl methyl sites for hydroxylation is 1. The summed E-state index contributed by atoms with van der Waals surface area (Å²) in [5.74, 6) is -0.998. The minimum Gasteiger partial charge on any atom is -0.307 e. The first-order valence-electron chi connectivity index (χ1n) is 6.14.